The fourth-order valence-corrected chi connectivity index (χ4v) is 3.12. The zero-order chi connectivity index (χ0) is 13.7. The van der Waals surface area contributed by atoms with E-state index in [1.165, 1.54) is 11.1 Å². The van der Waals surface area contributed by atoms with Crippen molar-refractivity contribution < 1.29 is 0 Å². The van der Waals surface area contributed by atoms with Crippen LogP contribution in [-0.4, -0.2) is 25.0 Å². The van der Waals surface area contributed by atoms with Gasteiger partial charge in [-0.3, -0.25) is 0 Å². The molecular formula is C16H22N2S. The van der Waals surface area contributed by atoms with Crippen LogP contribution in [0.4, 0.5) is 0 Å². The lowest BCUT2D eigenvalue weighted by atomic mass is 9.82. The van der Waals surface area contributed by atoms with E-state index in [-0.39, 0.29) is 5.41 Å². The van der Waals surface area contributed by atoms with Gasteiger partial charge in [-0.15, -0.1) is 0 Å². The Kier molecular flexibility index (Phi) is 4.75. The van der Waals surface area contributed by atoms with Gasteiger partial charge < -0.3 is 10.6 Å². The third kappa shape index (κ3) is 3.66. The number of hydrogen-bond acceptors (Lipinski definition) is 3. The molecule has 0 bridgehead atoms. The molecular weight excluding hydrogens is 252 g/mol. The van der Waals surface area contributed by atoms with Crippen molar-refractivity contribution in [2.45, 2.75) is 18.9 Å². The first kappa shape index (κ1) is 14.3. The Morgan fingerprint density at radius 2 is 1.95 bits per heavy atom. The van der Waals surface area contributed by atoms with Gasteiger partial charge in [-0.1, -0.05) is 37.3 Å². The molecule has 2 N–H and O–H groups in total. The second kappa shape index (κ2) is 6.33. The molecule has 0 saturated carbocycles. The van der Waals surface area contributed by atoms with Crippen molar-refractivity contribution >= 4 is 11.3 Å². The minimum absolute atomic E-state index is 0.00598. The first-order valence-electron chi connectivity index (χ1n) is 6.59. The molecule has 0 fully saturated rings. The van der Waals surface area contributed by atoms with Crippen molar-refractivity contribution in [1.29, 1.82) is 0 Å². The fourth-order valence-electron chi connectivity index (χ4n) is 2.46. The highest BCUT2D eigenvalue weighted by atomic mass is 32.1. The molecule has 2 aromatic rings. The molecule has 3 heteroatoms. The summed E-state index contributed by atoms with van der Waals surface area (Å²) < 4.78 is 0. The molecule has 1 unspecified atom stereocenters. The molecule has 1 aromatic heterocycles. The molecule has 0 spiro atoms. The lowest BCUT2D eigenvalue weighted by Gasteiger charge is -2.33. The molecule has 0 aliphatic heterocycles. The van der Waals surface area contributed by atoms with E-state index in [4.69, 9.17) is 5.73 Å². The molecule has 0 saturated heterocycles. The van der Waals surface area contributed by atoms with Gasteiger partial charge in [0.15, 0.2) is 0 Å². The van der Waals surface area contributed by atoms with E-state index in [0.29, 0.717) is 6.54 Å². The van der Waals surface area contributed by atoms with Crippen molar-refractivity contribution in [3.63, 3.8) is 0 Å². The van der Waals surface area contributed by atoms with Gasteiger partial charge in [0.05, 0.1) is 0 Å². The van der Waals surface area contributed by atoms with Crippen LogP contribution in [0.1, 0.15) is 18.1 Å². The number of nitrogens with two attached hydrogens (primary N) is 1. The maximum atomic E-state index is 6.04. The summed E-state index contributed by atoms with van der Waals surface area (Å²) in [6.07, 6.45) is 0. The Balaban J connectivity index is 2.06. The quantitative estimate of drug-likeness (QED) is 0.877. The van der Waals surface area contributed by atoms with Crippen LogP contribution in [0.3, 0.4) is 0 Å². The summed E-state index contributed by atoms with van der Waals surface area (Å²) >= 11 is 1.75. The summed E-state index contributed by atoms with van der Waals surface area (Å²) in [5, 5.41) is 4.33. The van der Waals surface area contributed by atoms with Gasteiger partial charge in [-0.25, -0.2) is 0 Å². The Bertz CT molecular complexity index is 481. The Morgan fingerprint density at radius 1 is 1.21 bits per heavy atom. The predicted octanol–water partition coefficient (Wildman–Crippen LogP) is 3.10. The highest BCUT2D eigenvalue weighted by molar-refractivity contribution is 7.07. The maximum Gasteiger partial charge on any atom is 0.0239 e. The van der Waals surface area contributed by atoms with E-state index in [9.17, 15) is 0 Å². The number of hydrogen-bond donors (Lipinski definition) is 1. The van der Waals surface area contributed by atoms with Gasteiger partial charge in [-0.05, 0) is 35.0 Å². The fraction of sp³-hybridized carbons (Fsp3) is 0.375. The smallest absolute Gasteiger partial charge is 0.0239 e. The lowest BCUT2D eigenvalue weighted by molar-refractivity contribution is 0.253. The largest absolute Gasteiger partial charge is 0.330 e. The topological polar surface area (TPSA) is 29.3 Å². The molecule has 0 radical (unpaired) electrons. The second-order valence-corrected chi connectivity index (χ2v) is 6.21. The van der Waals surface area contributed by atoms with Crippen LogP contribution in [-0.2, 0) is 12.0 Å². The number of nitrogens with zero attached hydrogens (tertiary/aromatic N) is 1. The summed E-state index contributed by atoms with van der Waals surface area (Å²) in [7, 11) is 2.16. The third-order valence-corrected chi connectivity index (χ3v) is 4.30. The SMILES string of the molecule is CN(Cc1ccsc1)CC(C)(CN)c1ccccc1. The number of benzene rings is 1. The molecule has 2 rings (SSSR count). The molecule has 0 aliphatic rings. The van der Waals surface area contributed by atoms with Gasteiger partial charge >= 0.3 is 0 Å². The Hall–Kier alpha value is -1.16. The molecule has 0 aliphatic carbocycles. The summed E-state index contributed by atoms with van der Waals surface area (Å²) in [6, 6.07) is 12.7. The summed E-state index contributed by atoms with van der Waals surface area (Å²) in [5.74, 6) is 0. The zero-order valence-corrected chi connectivity index (χ0v) is 12.5. The van der Waals surface area contributed by atoms with E-state index in [0.717, 1.165) is 13.1 Å². The maximum absolute atomic E-state index is 6.04. The van der Waals surface area contributed by atoms with Gasteiger partial charge in [0.1, 0.15) is 0 Å². The second-order valence-electron chi connectivity index (χ2n) is 5.43. The van der Waals surface area contributed by atoms with E-state index in [2.05, 4.69) is 66.0 Å². The molecule has 19 heavy (non-hydrogen) atoms. The molecule has 1 heterocycles. The standard InChI is InChI=1S/C16H22N2S/c1-16(12-17,15-6-4-3-5-7-15)13-18(2)10-14-8-9-19-11-14/h3-9,11H,10,12-13,17H2,1-2H3. The third-order valence-electron chi connectivity index (χ3n) is 3.57. The Morgan fingerprint density at radius 3 is 2.53 bits per heavy atom. The predicted molar refractivity (Wildman–Crippen MR) is 83.5 cm³/mol. The van der Waals surface area contributed by atoms with Crippen LogP contribution in [0.15, 0.2) is 47.2 Å². The van der Waals surface area contributed by atoms with Crippen molar-refractivity contribution in [2.24, 2.45) is 5.73 Å². The van der Waals surface area contributed by atoms with Gasteiger partial charge in [0.25, 0.3) is 0 Å². The van der Waals surface area contributed by atoms with Crippen LogP contribution < -0.4 is 5.73 Å². The highest BCUT2D eigenvalue weighted by Gasteiger charge is 2.26. The van der Waals surface area contributed by atoms with Crippen LogP contribution in [0, 0.1) is 0 Å². The Labute approximate surface area is 119 Å². The van der Waals surface area contributed by atoms with Crippen molar-refractivity contribution in [2.75, 3.05) is 20.1 Å². The lowest BCUT2D eigenvalue weighted by Crippen LogP contribution is -2.42. The molecule has 0 amide bonds. The molecule has 2 nitrogen and oxygen atoms in total. The monoisotopic (exact) mass is 274 g/mol. The van der Waals surface area contributed by atoms with Crippen LogP contribution >= 0.6 is 11.3 Å². The normalized spacial score (nSPS) is 14.5. The summed E-state index contributed by atoms with van der Waals surface area (Å²) in [6.45, 7) is 4.84. The average Bonchev–Trinajstić information content (AvgIpc) is 2.92. The number of likely N-dealkylation sites (N-methyl/N-ethyl adjacent to an activating group) is 1. The van der Waals surface area contributed by atoms with Crippen LogP contribution in [0.25, 0.3) is 0 Å². The van der Waals surface area contributed by atoms with Crippen molar-refractivity contribution in [1.82, 2.24) is 4.90 Å². The number of rotatable bonds is 6. The molecule has 102 valence electrons. The summed E-state index contributed by atoms with van der Waals surface area (Å²) in [5.41, 5.74) is 8.73. The van der Waals surface area contributed by atoms with E-state index in [1.807, 2.05) is 0 Å². The molecule has 1 aromatic carbocycles. The highest BCUT2D eigenvalue weighted by Crippen LogP contribution is 2.24. The minimum Gasteiger partial charge on any atom is -0.330 e. The van der Waals surface area contributed by atoms with Crippen molar-refractivity contribution in [3.05, 3.63) is 58.3 Å². The average molecular weight is 274 g/mol. The van der Waals surface area contributed by atoms with E-state index >= 15 is 0 Å². The van der Waals surface area contributed by atoms with E-state index in [1.54, 1.807) is 11.3 Å². The summed E-state index contributed by atoms with van der Waals surface area (Å²) in [4.78, 5) is 2.35. The minimum atomic E-state index is 0.00598. The van der Waals surface area contributed by atoms with E-state index < -0.39 is 0 Å². The molecule has 1 atom stereocenters. The zero-order valence-electron chi connectivity index (χ0n) is 11.7. The van der Waals surface area contributed by atoms with Gasteiger partial charge in [-0.2, -0.15) is 11.3 Å². The first-order chi connectivity index (χ1) is 9.14. The first-order valence-corrected chi connectivity index (χ1v) is 7.53. The van der Waals surface area contributed by atoms with Crippen LogP contribution in [0.2, 0.25) is 0 Å². The number of thiophene rings is 1. The van der Waals surface area contributed by atoms with Gasteiger partial charge in [0, 0.05) is 25.0 Å². The van der Waals surface area contributed by atoms with Crippen LogP contribution in [0.5, 0.6) is 0 Å². The van der Waals surface area contributed by atoms with Crippen molar-refractivity contribution in [3.8, 4) is 0 Å². The van der Waals surface area contributed by atoms with Gasteiger partial charge in [0.2, 0.25) is 0 Å².